The topological polar surface area (TPSA) is 49.4 Å². The number of hydrogen-bond acceptors (Lipinski definition) is 3. The molecular weight excluding hydrogens is 119 g/mol. The van der Waals surface area contributed by atoms with E-state index in [9.17, 15) is 4.79 Å². The van der Waals surface area contributed by atoms with Crippen molar-refractivity contribution >= 4 is 6.47 Å². The molecule has 0 aliphatic heterocycles. The van der Waals surface area contributed by atoms with E-state index in [1.54, 1.807) is 6.92 Å². The van der Waals surface area contributed by atoms with Gasteiger partial charge in [-0.05, 0) is 6.92 Å². The van der Waals surface area contributed by atoms with Crippen LogP contribution in [0.4, 0.5) is 0 Å². The second kappa shape index (κ2) is 26.1. The number of carbonyl (C=O) groups excluding carboxylic acids is 1. The summed E-state index contributed by atoms with van der Waals surface area (Å²) < 4.78 is 4.15. The van der Waals surface area contributed by atoms with Crippen LogP contribution in [-0.4, -0.2) is 20.2 Å². The van der Waals surface area contributed by atoms with Crippen LogP contribution in [0.2, 0.25) is 0 Å². The van der Waals surface area contributed by atoms with E-state index < -0.39 is 0 Å². The van der Waals surface area contributed by atoms with Crippen molar-refractivity contribution in [3.8, 4) is 0 Å². The van der Waals surface area contributed by atoms with Gasteiger partial charge in [0.05, 0.1) is 6.61 Å². The zero-order valence-corrected chi connectivity index (χ0v) is 7.51. The fraction of sp³-hybridized carbons (Fsp3) is 0.750. The molecule has 0 fully saturated rings. The van der Waals surface area contributed by atoms with Crippen LogP contribution in [0.3, 0.4) is 0 Å². The van der Waals surface area contributed by atoms with Gasteiger partial charge in [0.2, 0.25) is 0 Å². The molecule has 3 nitrogen and oxygen atoms in total. The zero-order valence-electron chi connectivity index (χ0n) is 5.51. The molecular formula is C4H9NaO3. The molecule has 0 aromatic rings. The van der Waals surface area contributed by atoms with Crippen LogP contribution in [0.1, 0.15) is 6.92 Å². The van der Waals surface area contributed by atoms with E-state index in [-0.39, 0.29) is 29.6 Å². The van der Waals surface area contributed by atoms with E-state index in [0.29, 0.717) is 13.1 Å². The molecule has 0 atom stereocenters. The van der Waals surface area contributed by atoms with Crippen LogP contribution >= 0.6 is 0 Å². The molecule has 0 rings (SSSR count). The maximum absolute atomic E-state index is 9.18. The number of rotatable bonds is 2. The second-order valence-electron chi connectivity index (χ2n) is 0.552. The maximum atomic E-state index is 9.18. The standard InChI is InChI=1S/C3H6O2.CH3O.Na/c1-2-5-3-4;1-2;/h3H,2H2,1H3;1H3;/q;-1;+1. The van der Waals surface area contributed by atoms with Gasteiger partial charge in [0.15, 0.2) is 0 Å². The van der Waals surface area contributed by atoms with Crippen molar-refractivity contribution in [1.82, 2.24) is 0 Å². The minimum atomic E-state index is 0. The van der Waals surface area contributed by atoms with E-state index in [4.69, 9.17) is 5.11 Å². The third-order valence-corrected chi connectivity index (χ3v) is 0.235. The molecule has 0 aromatic heterocycles. The Morgan fingerprint density at radius 3 is 2.00 bits per heavy atom. The summed E-state index contributed by atoms with van der Waals surface area (Å²) in [5.41, 5.74) is 0. The molecule has 44 valence electrons. The van der Waals surface area contributed by atoms with E-state index in [1.807, 2.05) is 0 Å². The molecule has 0 bridgehead atoms. The first kappa shape index (κ1) is 15.8. The molecule has 0 aromatic carbocycles. The summed E-state index contributed by atoms with van der Waals surface area (Å²) in [6.45, 7) is 2.66. The van der Waals surface area contributed by atoms with E-state index >= 15 is 0 Å². The third-order valence-electron chi connectivity index (χ3n) is 0.235. The van der Waals surface area contributed by atoms with Gasteiger partial charge in [-0.1, -0.05) is 0 Å². The predicted octanol–water partition coefficient (Wildman–Crippen LogP) is -3.84. The first-order valence-electron chi connectivity index (χ1n) is 1.88. The quantitative estimate of drug-likeness (QED) is 0.283. The summed E-state index contributed by atoms with van der Waals surface area (Å²) in [6, 6.07) is 0. The Hall–Kier alpha value is 0.430. The zero-order chi connectivity index (χ0) is 6.12. The van der Waals surface area contributed by atoms with Gasteiger partial charge in [-0.25, -0.2) is 0 Å². The molecule has 0 aliphatic rings. The molecule has 0 spiro atoms. The fourth-order valence-electron chi connectivity index (χ4n) is 0.0680. The van der Waals surface area contributed by atoms with Gasteiger partial charge in [0, 0.05) is 0 Å². The molecule has 0 unspecified atom stereocenters. The minimum Gasteiger partial charge on any atom is -0.857 e. The van der Waals surface area contributed by atoms with Gasteiger partial charge in [0.25, 0.3) is 6.47 Å². The molecule has 0 heterocycles. The SMILES string of the molecule is CCOC=O.C[O-].[Na+]. The Bertz CT molecular complexity index is 32.5. The summed E-state index contributed by atoms with van der Waals surface area (Å²) in [6.07, 6.45) is 0. The van der Waals surface area contributed by atoms with Gasteiger partial charge in [-0.15, -0.1) is 0 Å². The number of carbonyl (C=O) groups is 1. The smallest absolute Gasteiger partial charge is 0.857 e. The van der Waals surface area contributed by atoms with Crippen molar-refractivity contribution < 1.29 is 44.2 Å². The summed E-state index contributed by atoms with van der Waals surface area (Å²) in [7, 11) is 0.750. The molecule has 0 saturated carbocycles. The number of ether oxygens (including phenoxy) is 1. The van der Waals surface area contributed by atoms with Crippen molar-refractivity contribution in [2.75, 3.05) is 13.7 Å². The Morgan fingerprint density at radius 2 is 2.00 bits per heavy atom. The van der Waals surface area contributed by atoms with E-state index in [0.717, 1.165) is 7.11 Å². The van der Waals surface area contributed by atoms with Crippen LogP contribution in [0.5, 0.6) is 0 Å². The molecule has 0 aliphatic carbocycles. The number of hydrogen-bond donors (Lipinski definition) is 0. The molecule has 0 amide bonds. The maximum Gasteiger partial charge on any atom is 1.00 e. The van der Waals surface area contributed by atoms with Crippen molar-refractivity contribution in [2.24, 2.45) is 0 Å². The predicted molar refractivity (Wildman–Crippen MR) is 23.6 cm³/mol. The average Bonchev–Trinajstić information content (AvgIpc) is 1.75. The van der Waals surface area contributed by atoms with Crippen molar-refractivity contribution in [2.45, 2.75) is 6.92 Å². The summed E-state index contributed by atoms with van der Waals surface area (Å²) >= 11 is 0. The summed E-state index contributed by atoms with van der Waals surface area (Å²) in [4.78, 5) is 9.18. The Labute approximate surface area is 71.3 Å². The second-order valence-corrected chi connectivity index (χ2v) is 0.552. The van der Waals surface area contributed by atoms with Crippen LogP contribution < -0.4 is 34.7 Å². The first-order valence-corrected chi connectivity index (χ1v) is 1.88. The normalized spacial score (nSPS) is 4.88. The van der Waals surface area contributed by atoms with Crippen molar-refractivity contribution in [3.05, 3.63) is 0 Å². The van der Waals surface area contributed by atoms with Crippen LogP contribution in [0, 0.1) is 0 Å². The van der Waals surface area contributed by atoms with Crippen LogP contribution in [0.15, 0.2) is 0 Å². The van der Waals surface area contributed by atoms with Crippen LogP contribution in [-0.2, 0) is 9.53 Å². The summed E-state index contributed by atoms with van der Waals surface area (Å²) in [5.74, 6) is 0. The van der Waals surface area contributed by atoms with E-state index in [1.165, 1.54) is 0 Å². The Morgan fingerprint density at radius 1 is 1.62 bits per heavy atom. The molecule has 0 N–H and O–H groups in total. The summed E-state index contributed by atoms with van der Waals surface area (Å²) in [5, 5.41) is 8.25. The van der Waals surface area contributed by atoms with Crippen molar-refractivity contribution in [1.29, 1.82) is 0 Å². The fourth-order valence-corrected chi connectivity index (χ4v) is 0.0680. The molecule has 8 heavy (non-hydrogen) atoms. The molecule has 0 radical (unpaired) electrons. The first-order chi connectivity index (χ1) is 3.41. The minimum absolute atomic E-state index is 0. The monoisotopic (exact) mass is 128 g/mol. The van der Waals surface area contributed by atoms with Gasteiger partial charge in [-0.2, -0.15) is 7.11 Å². The average molecular weight is 128 g/mol. The van der Waals surface area contributed by atoms with Crippen LogP contribution in [0.25, 0.3) is 0 Å². The van der Waals surface area contributed by atoms with E-state index in [2.05, 4.69) is 4.74 Å². The van der Waals surface area contributed by atoms with Gasteiger partial charge < -0.3 is 9.84 Å². The molecule has 0 saturated heterocycles. The van der Waals surface area contributed by atoms with Gasteiger partial charge >= 0.3 is 29.6 Å². The third kappa shape index (κ3) is 32.1. The largest absolute Gasteiger partial charge is 1.00 e. The van der Waals surface area contributed by atoms with Gasteiger partial charge in [0.1, 0.15) is 0 Å². The molecule has 4 heteroatoms. The van der Waals surface area contributed by atoms with Crippen molar-refractivity contribution in [3.63, 3.8) is 0 Å². The van der Waals surface area contributed by atoms with Gasteiger partial charge in [-0.3, -0.25) is 4.79 Å². The Balaban J connectivity index is -0.0000000750. The Kier molecular flexibility index (Phi) is 51.5.